The average molecular weight is 334 g/mol. The lowest BCUT2D eigenvalue weighted by Crippen LogP contribution is -2.10. The molecule has 5 nitrogen and oxygen atoms in total. The highest BCUT2D eigenvalue weighted by atomic mass is 35.5. The minimum atomic E-state index is -0.0731. The third-order valence-electron chi connectivity index (χ3n) is 2.13. The van der Waals surface area contributed by atoms with Gasteiger partial charge >= 0.3 is 6.01 Å². The van der Waals surface area contributed by atoms with Crippen molar-refractivity contribution in [1.29, 1.82) is 0 Å². The fraction of sp³-hybridized carbons (Fsp3) is 0.250. The van der Waals surface area contributed by atoms with Crippen LogP contribution in [0.3, 0.4) is 0 Å². The lowest BCUT2D eigenvalue weighted by atomic mass is 10.3. The second-order valence-electron chi connectivity index (χ2n) is 4.10. The van der Waals surface area contributed by atoms with Crippen LogP contribution in [0.2, 0.25) is 15.3 Å². The SMILES string of the molecule is CC(C)Oc1nc(Cl)nc(Nc2cccc(Cl)c2Cl)n1. The second-order valence-corrected chi connectivity index (χ2v) is 5.23. The Kier molecular flexibility index (Phi) is 4.86. The van der Waals surface area contributed by atoms with E-state index in [-0.39, 0.29) is 23.3 Å². The highest BCUT2D eigenvalue weighted by molar-refractivity contribution is 6.43. The summed E-state index contributed by atoms with van der Waals surface area (Å²) in [5, 5.41) is 3.75. The average Bonchev–Trinajstić information content (AvgIpc) is 2.33. The first-order chi connectivity index (χ1) is 9.45. The summed E-state index contributed by atoms with van der Waals surface area (Å²) in [6, 6.07) is 5.32. The number of nitrogens with zero attached hydrogens (tertiary/aromatic N) is 3. The van der Waals surface area contributed by atoms with Crippen molar-refractivity contribution in [3.8, 4) is 6.01 Å². The lowest BCUT2D eigenvalue weighted by Gasteiger charge is -2.10. The highest BCUT2D eigenvalue weighted by Gasteiger charge is 2.10. The van der Waals surface area contributed by atoms with Crippen LogP contribution in [0.4, 0.5) is 11.6 Å². The van der Waals surface area contributed by atoms with E-state index in [0.717, 1.165) is 0 Å². The van der Waals surface area contributed by atoms with E-state index in [2.05, 4.69) is 20.3 Å². The summed E-state index contributed by atoms with van der Waals surface area (Å²) >= 11 is 17.8. The molecule has 106 valence electrons. The Balaban J connectivity index is 2.29. The summed E-state index contributed by atoms with van der Waals surface area (Å²) < 4.78 is 5.38. The van der Waals surface area contributed by atoms with E-state index in [1.807, 2.05) is 13.8 Å². The van der Waals surface area contributed by atoms with Gasteiger partial charge in [-0.15, -0.1) is 0 Å². The van der Waals surface area contributed by atoms with Crippen LogP contribution in [0.25, 0.3) is 0 Å². The van der Waals surface area contributed by atoms with Crippen molar-refractivity contribution in [1.82, 2.24) is 15.0 Å². The van der Waals surface area contributed by atoms with Gasteiger partial charge in [0.1, 0.15) is 0 Å². The first-order valence-electron chi connectivity index (χ1n) is 5.75. The largest absolute Gasteiger partial charge is 0.461 e. The molecule has 0 radical (unpaired) electrons. The van der Waals surface area contributed by atoms with Gasteiger partial charge < -0.3 is 10.1 Å². The molecule has 0 aliphatic carbocycles. The molecular formula is C12H11Cl3N4O. The first-order valence-corrected chi connectivity index (χ1v) is 6.88. The van der Waals surface area contributed by atoms with Crippen LogP contribution >= 0.6 is 34.8 Å². The third-order valence-corrected chi connectivity index (χ3v) is 3.11. The van der Waals surface area contributed by atoms with Crippen LogP contribution in [-0.4, -0.2) is 21.1 Å². The molecule has 0 saturated heterocycles. The Hall–Kier alpha value is -1.30. The summed E-state index contributed by atoms with van der Waals surface area (Å²) in [5.74, 6) is 0.227. The minimum Gasteiger partial charge on any atom is -0.461 e. The number of halogens is 3. The molecule has 0 aliphatic rings. The number of hydrogen-bond acceptors (Lipinski definition) is 5. The lowest BCUT2D eigenvalue weighted by molar-refractivity contribution is 0.222. The van der Waals surface area contributed by atoms with Crippen LogP contribution < -0.4 is 10.1 Å². The van der Waals surface area contributed by atoms with Gasteiger partial charge in [-0.3, -0.25) is 0 Å². The molecule has 0 fully saturated rings. The van der Waals surface area contributed by atoms with Gasteiger partial charge in [-0.05, 0) is 37.6 Å². The Bertz CT molecular complexity index is 622. The van der Waals surface area contributed by atoms with Gasteiger partial charge in [-0.2, -0.15) is 15.0 Å². The molecule has 0 unspecified atom stereocenters. The molecule has 1 aromatic heterocycles. The van der Waals surface area contributed by atoms with Crippen molar-refractivity contribution in [2.45, 2.75) is 20.0 Å². The summed E-state index contributed by atoms with van der Waals surface area (Å²) in [7, 11) is 0. The minimum absolute atomic E-state index is 0.0244. The zero-order chi connectivity index (χ0) is 14.7. The maximum absolute atomic E-state index is 6.08. The smallest absolute Gasteiger partial charge is 0.322 e. The van der Waals surface area contributed by atoms with Gasteiger partial charge in [-0.1, -0.05) is 29.3 Å². The van der Waals surface area contributed by atoms with Gasteiger partial charge in [-0.25, -0.2) is 0 Å². The third kappa shape index (κ3) is 3.85. The van der Waals surface area contributed by atoms with E-state index < -0.39 is 0 Å². The Morgan fingerprint density at radius 1 is 1.10 bits per heavy atom. The second kappa shape index (κ2) is 6.43. The van der Waals surface area contributed by atoms with E-state index >= 15 is 0 Å². The highest BCUT2D eigenvalue weighted by Crippen LogP contribution is 2.31. The van der Waals surface area contributed by atoms with Crippen LogP contribution in [0.5, 0.6) is 6.01 Å². The predicted octanol–water partition coefficient (Wildman–Crippen LogP) is 4.36. The molecule has 0 atom stereocenters. The molecule has 1 N–H and O–H groups in total. The van der Waals surface area contributed by atoms with Crippen molar-refractivity contribution in [3.05, 3.63) is 33.5 Å². The van der Waals surface area contributed by atoms with E-state index in [4.69, 9.17) is 39.5 Å². The molecule has 1 aromatic carbocycles. The topological polar surface area (TPSA) is 59.9 Å². The number of nitrogens with one attached hydrogen (secondary N) is 1. The van der Waals surface area contributed by atoms with Gasteiger partial charge in [0.2, 0.25) is 11.2 Å². The molecule has 0 bridgehead atoms. The molecule has 1 heterocycles. The molecule has 20 heavy (non-hydrogen) atoms. The maximum Gasteiger partial charge on any atom is 0.322 e. The summed E-state index contributed by atoms with van der Waals surface area (Å²) in [4.78, 5) is 11.9. The Morgan fingerprint density at radius 3 is 2.55 bits per heavy atom. The van der Waals surface area contributed by atoms with Crippen molar-refractivity contribution in [3.63, 3.8) is 0 Å². The normalized spacial score (nSPS) is 10.7. The zero-order valence-electron chi connectivity index (χ0n) is 10.7. The molecule has 0 spiro atoms. The van der Waals surface area contributed by atoms with Gasteiger partial charge in [0.05, 0.1) is 21.8 Å². The van der Waals surface area contributed by atoms with Crippen LogP contribution in [0.1, 0.15) is 13.8 Å². The van der Waals surface area contributed by atoms with E-state index in [0.29, 0.717) is 15.7 Å². The Labute approximate surface area is 131 Å². The summed E-state index contributed by atoms with van der Waals surface area (Å²) in [6.45, 7) is 3.72. The van der Waals surface area contributed by atoms with E-state index in [9.17, 15) is 0 Å². The monoisotopic (exact) mass is 332 g/mol. The molecule has 0 aliphatic heterocycles. The summed E-state index contributed by atoms with van der Waals surface area (Å²) in [5.41, 5.74) is 0.567. The molecule has 8 heteroatoms. The van der Waals surface area contributed by atoms with Crippen molar-refractivity contribution >= 4 is 46.4 Å². The van der Waals surface area contributed by atoms with Crippen LogP contribution in [0, 0.1) is 0 Å². The number of benzene rings is 1. The van der Waals surface area contributed by atoms with Crippen LogP contribution in [0.15, 0.2) is 18.2 Å². The van der Waals surface area contributed by atoms with Crippen LogP contribution in [-0.2, 0) is 0 Å². The van der Waals surface area contributed by atoms with Gasteiger partial charge in [0.25, 0.3) is 0 Å². The number of anilines is 2. The summed E-state index contributed by atoms with van der Waals surface area (Å²) in [6.07, 6.45) is -0.0731. The van der Waals surface area contributed by atoms with Crippen molar-refractivity contribution in [2.24, 2.45) is 0 Å². The predicted molar refractivity (Wildman–Crippen MR) is 80.3 cm³/mol. The number of ether oxygens (including phenoxy) is 1. The molecule has 0 amide bonds. The van der Waals surface area contributed by atoms with Gasteiger partial charge in [0.15, 0.2) is 0 Å². The molecule has 2 rings (SSSR count). The van der Waals surface area contributed by atoms with Crippen molar-refractivity contribution < 1.29 is 4.74 Å². The number of rotatable bonds is 4. The van der Waals surface area contributed by atoms with Crippen molar-refractivity contribution in [2.75, 3.05) is 5.32 Å². The quantitative estimate of drug-likeness (QED) is 0.900. The van der Waals surface area contributed by atoms with E-state index in [1.165, 1.54) is 0 Å². The fourth-order valence-corrected chi connectivity index (χ4v) is 1.87. The Morgan fingerprint density at radius 2 is 1.85 bits per heavy atom. The first kappa shape index (κ1) is 15.1. The molecular weight excluding hydrogens is 323 g/mol. The molecule has 2 aromatic rings. The number of hydrogen-bond donors (Lipinski definition) is 1. The van der Waals surface area contributed by atoms with E-state index in [1.54, 1.807) is 18.2 Å². The number of aromatic nitrogens is 3. The van der Waals surface area contributed by atoms with Gasteiger partial charge in [0, 0.05) is 0 Å². The maximum atomic E-state index is 6.08. The standard InChI is InChI=1S/C12H11Cl3N4O/c1-6(2)20-12-18-10(15)17-11(19-12)16-8-5-3-4-7(13)9(8)14/h3-6H,1-2H3,(H,16,17,18,19). The fourth-order valence-electron chi connectivity index (χ4n) is 1.37. The zero-order valence-corrected chi connectivity index (χ0v) is 13.0. The molecule has 0 saturated carbocycles.